The molecule has 2 aromatic carbocycles. The Kier molecular flexibility index (Phi) is 4.66. The number of hydrogen-bond acceptors (Lipinski definition) is 2. The fourth-order valence-electron chi connectivity index (χ4n) is 2.54. The molecule has 0 atom stereocenters. The highest BCUT2D eigenvalue weighted by atomic mass is 19.1. The van der Waals surface area contributed by atoms with Crippen LogP contribution in [0.3, 0.4) is 0 Å². The van der Waals surface area contributed by atoms with Gasteiger partial charge in [0, 0.05) is 24.4 Å². The summed E-state index contributed by atoms with van der Waals surface area (Å²) in [5.41, 5.74) is 1.87. The van der Waals surface area contributed by atoms with E-state index in [1.165, 1.54) is 4.68 Å². The summed E-state index contributed by atoms with van der Waals surface area (Å²) in [7, 11) is 1.61. The molecule has 0 fully saturated rings. The average Bonchev–Trinajstić information content (AvgIpc) is 2.91. The minimum Gasteiger partial charge on any atom is -0.308 e. The minimum absolute atomic E-state index is 0.158. The zero-order chi connectivity index (χ0) is 18.8. The number of anilines is 2. The second-order valence-corrected chi connectivity index (χ2v) is 5.70. The van der Waals surface area contributed by atoms with Crippen LogP contribution in [0, 0.1) is 24.4 Å². The molecule has 0 aliphatic heterocycles. The van der Waals surface area contributed by atoms with Crippen LogP contribution in [0.1, 0.15) is 5.56 Å². The number of urea groups is 1. The third-order valence-electron chi connectivity index (χ3n) is 3.82. The molecule has 0 bridgehead atoms. The van der Waals surface area contributed by atoms with Gasteiger partial charge in [-0.3, -0.25) is 4.68 Å². The molecule has 5 nitrogen and oxygen atoms in total. The van der Waals surface area contributed by atoms with Crippen molar-refractivity contribution < 1.29 is 18.0 Å². The SMILES string of the molecule is Cc1ccc(NC(=O)Nc2ccc(F)cc2F)cc1-c1c(F)cnn1C. The monoisotopic (exact) mass is 360 g/mol. The van der Waals surface area contributed by atoms with Crippen LogP contribution < -0.4 is 10.6 Å². The highest BCUT2D eigenvalue weighted by Crippen LogP contribution is 2.28. The molecule has 8 heteroatoms. The number of aromatic nitrogens is 2. The molecule has 0 aliphatic rings. The fraction of sp³-hybridized carbons (Fsp3) is 0.111. The van der Waals surface area contributed by atoms with Crippen LogP contribution in [0.2, 0.25) is 0 Å². The van der Waals surface area contributed by atoms with E-state index in [9.17, 15) is 18.0 Å². The molecule has 1 heterocycles. The van der Waals surface area contributed by atoms with Gasteiger partial charge in [-0.25, -0.2) is 18.0 Å². The largest absolute Gasteiger partial charge is 0.323 e. The summed E-state index contributed by atoms with van der Waals surface area (Å²) in [5.74, 6) is -2.11. The second-order valence-electron chi connectivity index (χ2n) is 5.70. The van der Waals surface area contributed by atoms with Crippen LogP contribution in [0.4, 0.5) is 29.3 Å². The maximum absolute atomic E-state index is 14.0. The van der Waals surface area contributed by atoms with E-state index in [1.807, 2.05) is 0 Å². The van der Waals surface area contributed by atoms with Gasteiger partial charge in [0.05, 0.1) is 11.9 Å². The van der Waals surface area contributed by atoms with E-state index in [2.05, 4.69) is 15.7 Å². The third-order valence-corrected chi connectivity index (χ3v) is 3.82. The first kappa shape index (κ1) is 17.5. The number of rotatable bonds is 3. The maximum Gasteiger partial charge on any atom is 0.323 e. The Labute approximate surface area is 147 Å². The van der Waals surface area contributed by atoms with Gasteiger partial charge in [0.2, 0.25) is 0 Å². The predicted molar refractivity (Wildman–Crippen MR) is 92.3 cm³/mol. The number of carbonyl (C=O) groups excluding carboxylic acids is 1. The molecular formula is C18H15F3N4O. The van der Waals surface area contributed by atoms with Crippen molar-refractivity contribution >= 4 is 17.4 Å². The predicted octanol–water partition coefficient (Wildman–Crippen LogP) is 4.46. The molecule has 0 saturated carbocycles. The molecule has 2 N–H and O–H groups in total. The van der Waals surface area contributed by atoms with Crippen molar-refractivity contribution in [2.45, 2.75) is 6.92 Å². The van der Waals surface area contributed by atoms with Crippen molar-refractivity contribution in [3.63, 3.8) is 0 Å². The Morgan fingerprint density at radius 3 is 2.46 bits per heavy atom. The zero-order valence-electron chi connectivity index (χ0n) is 14.0. The average molecular weight is 360 g/mol. The first-order valence-electron chi connectivity index (χ1n) is 7.66. The Hall–Kier alpha value is -3.29. The summed E-state index contributed by atoms with van der Waals surface area (Å²) in [4.78, 5) is 12.1. The number of halogens is 3. The fourth-order valence-corrected chi connectivity index (χ4v) is 2.54. The van der Waals surface area contributed by atoms with Gasteiger partial charge < -0.3 is 10.6 Å². The molecule has 0 spiro atoms. The van der Waals surface area contributed by atoms with Gasteiger partial charge in [-0.1, -0.05) is 6.07 Å². The van der Waals surface area contributed by atoms with E-state index in [0.29, 0.717) is 17.3 Å². The first-order chi connectivity index (χ1) is 12.3. The van der Waals surface area contributed by atoms with Crippen LogP contribution in [0.5, 0.6) is 0 Å². The van der Waals surface area contributed by atoms with E-state index in [-0.39, 0.29) is 11.4 Å². The molecule has 26 heavy (non-hydrogen) atoms. The summed E-state index contributed by atoms with van der Waals surface area (Å²) >= 11 is 0. The second kappa shape index (κ2) is 6.91. The van der Waals surface area contributed by atoms with Crippen molar-refractivity contribution in [1.82, 2.24) is 9.78 Å². The van der Waals surface area contributed by atoms with E-state index in [4.69, 9.17) is 0 Å². The first-order valence-corrected chi connectivity index (χ1v) is 7.66. The lowest BCUT2D eigenvalue weighted by atomic mass is 10.0. The normalized spacial score (nSPS) is 10.7. The molecule has 3 rings (SSSR count). The number of amides is 2. The van der Waals surface area contributed by atoms with Crippen molar-refractivity contribution in [3.8, 4) is 11.3 Å². The summed E-state index contributed by atoms with van der Waals surface area (Å²) < 4.78 is 41.9. The summed E-state index contributed by atoms with van der Waals surface area (Å²) in [5, 5.41) is 8.70. The van der Waals surface area contributed by atoms with Crippen LogP contribution in [-0.4, -0.2) is 15.8 Å². The van der Waals surface area contributed by atoms with Crippen LogP contribution >= 0.6 is 0 Å². The highest BCUT2D eigenvalue weighted by Gasteiger charge is 2.15. The van der Waals surface area contributed by atoms with Gasteiger partial charge in [-0.15, -0.1) is 0 Å². The van der Waals surface area contributed by atoms with Gasteiger partial charge >= 0.3 is 6.03 Å². The Balaban J connectivity index is 1.82. The number of nitrogens with zero attached hydrogens (tertiary/aromatic N) is 2. The molecule has 0 saturated heterocycles. The Morgan fingerprint density at radius 2 is 1.81 bits per heavy atom. The van der Waals surface area contributed by atoms with Gasteiger partial charge in [-0.05, 0) is 36.8 Å². The molecular weight excluding hydrogens is 345 g/mol. The molecule has 0 radical (unpaired) electrons. The lowest BCUT2D eigenvalue weighted by Crippen LogP contribution is -2.20. The topological polar surface area (TPSA) is 59.0 Å². The van der Waals surface area contributed by atoms with Crippen molar-refractivity contribution in [3.05, 3.63) is 65.6 Å². The summed E-state index contributed by atoms with van der Waals surface area (Å²) in [6, 6.07) is 7.06. The van der Waals surface area contributed by atoms with Crippen molar-refractivity contribution in [2.75, 3.05) is 10.6 Å². The molecule has 3 aromatic rings. The van der Waals surface area contributed by atoms with E-state index >= 15 is 0 Å². The van der Waals surface area contributed by atoms with Gasteiger partial charge in [-0.2, -0.15) is 5.10 Å². The number of hydrogen-bond donors (Lipinski definition) is 2. The summed E-state index contributed by atoms with van der Waals surface area (Å²) in [6.45, 7) is 1.81. The van der Waals surface area contributed by atoms with Crippen molar-refractivity contribution in [1.29, 1.82) is 0 Å². The molecule has 134 valence electrons. The van der Waals surface area contributed by atoms with E-state index in [0.717, 1.165) is 23.9 Å². The zero-order valence-corrected chi connectivity index (χ0v) is 14.0. The smallest absolute Gasteiger partial charge is 0.308 e. The van der Waals surface area contributed by atoms with Crippen LogP contribution in [0.15, 0.2) is 42.6 Å². The number of carbonyl (C=O) groups is 1. The van der Waals surface area contributed by atoms with Crippen molar-refractivity contribution in [2.24, 2.45) is 7.05 Å². The number of benzene rings is 2. The number of aryl methyl sites for hydroxylation is 2. The van der Waals surface area contributed by atoms with E-state index < -0.39 is 23.5 Å². The Bertz CT molecular complexity index is 965. The quantitative estimate of drug-likeness (QED) is 0.725. The number of nitrogens with one attached hydrogen (secondary N) is 2. The molecule has 0 unspecified atom stereocenters. The molecule has 2 amide bonds. The summed E-state index contributed by atoms with van der Waals surface area (Å²) in [6.07, 6.45) is 1.11. The van der Waals surface area contributed by atoms with Gasteiger partial charge in [0.1, 0.15) is 17.3 Å². The van der Waals surface area contributed by atoms with Gasteiger partial charge in [0.25, 0.3) is 0 Å². The maximum atomic E-state index is 14.0. The highest BCUT2D eigenvalue weighted by molar-refractivity contribution is 6.00. The molecule has 1 aromatic heterocycles. The van der Waals surface area contributed by atoms with Crippen LogP contribution in [0.25, 0.3) is 11.3 Å². The lowest BCUT2D eigenvalue weighted by molar-refractivity contribution is 0.262. The standard InChI is InChI=1S/C18H15F3N4O/c1-10-3-5-12(8-13(10)17-15(21)9-22-25(17)2)23-18(26)24-16-6-4-11(19)7-14(16)20/h3-9H,1-2H3,(H2,23,24,26). The lowest BCUT2D eigenvalue weighted by Gasteiger charge is -2.12. The Morgan fingerprint density at radius 1 is 1.04 bits per heavy atom. The minimum atomic E-state index is -0.887. The third kappa shape index (κ3) is 3.53. The van der Waals surface area contributed by atoms with Crippen LogP contribution in [-0.2, 0) is 7.05 Å². The van der Waals surface area contributed by atoms with E-state index in [1.54, 1.807) is 32.2 Å². The van der Waals surface area contributed by atoms with Gasteiger partial charge in [0.15, 0.2) is 5.82 Å². The molecule has 0 aliphatic carbocycles.